The maximum atomic E-state index is 13.9. The minimum absolute atomic E-state index is 0.118. The molecule has 0 N–H and O–H groups in total. The molecular weight excluding hydrogens is 412 g/mol. The van der Waals surface area contributed by atoms with Crippen LogP contribution in [-0.2, 0) is 6.18 Å². The van der Waals surface area contributed by atoms with Crippen molar-refractivity contribution in [1.82, 2.24) is 0 Å². The van der Waals surface area contributed by atoms with Gasteiger partial charge in [0.2, 0.25) is 0 Å². The molecule has 176 valence electrons. The van der Waals surface area contributed by atoms with Crippen LogP contribution < -0.4 is 0 Å². The van der Waals surface area contributed by atoms with Gasteiger partial charge < -0.3 is 0 Å². The van der Waals surface area contributed by atoms with Crippen LogP contribution >= 0.6 is 0 Å². The van der Waals surface area contributed by atoms with Gasteiger partial charge >= 0.3 is 6.18 Å². The van der Waals surface area contributed by atoms with Gasteiger partial charge in [-0.25, -0.2) is 4.39 Å². The minimum Gasteiger partial charge on any atom is -0.206 e. The van der Waals surface area contributed by atoms with Gasteiger partial charge in [-0.3, -0.25) is 0 Å². The molecule has 0 radical (unpaired) electrons. The lowest BCUT2D eigenvalue weighted by Crippen LogP contribution is -2.14. The van der Waals surface area contributed by atoms with E-state index in [0.29, 0.717) is 17.4 Å². The van der Waals surface area contributed by atoms with Gasteiger partial charge in [-0.15, -0.1) is 0 Å². The first kappa shape index (κ1) is 24.9. The SMILES string of the molecule is CCCCC[C@H]1CC[C@H](/C=C/C#C[C@H]2CC[C@H](c3ccc(C(F)(F)F)c(F)c3)CC2)CC1. The molecule has 0 saturated heterocycles. The summed E-state index contributed by atoms with van der Waals surface area (Å²) in [5.41, 5.74) is -0.510. The molecule has 0 unspecified atom stereocenters. The molecule has 0 bridgehead atoms. The average Bonchev–Trinajstić information content (AvgIpc) is 2.77. The third kappa shape index (κ3) is 7.39. The molecule has 0 heterocycles. The maximum Gasteiger partial charge on any atom is 0.419 e. The highest BCUT2D eigenvalue weighted by molar-refractivity contribution is 5.29. The molecule has 0 aliphatic heterocycles. The molecule has 0 aromatic heterocycles. The number of halogens is 4. The Morgan fingerprint density at radius 1 is 0.969 bits per heavy atom. The van der Waals surface area contributed by atoms with Crippen molar-refractivity contribution in [3.05, 3.63) is 47.3 Å². The van der Waals surface area contributed by atoms with Crippen molar-refractivity contribution in [3.63, 3.8) is 0 Å². The number of alkyl halides is 3. The fourth-order valence-electron chi connectivity index (χ4n) is 5.29. The Bertz CT molecular complexity index is 795. The van der Waals surface area contributed by atoms with Crippen molar-refractivity contribution in [3.8, 4) is 11.8 Å². The van der Waals surface area contributed by atoms with E-state index < -0.39 is 17.6 Å². The second-order valence-electron chi connectivity index (χ2n) is 9.71. The van der Waals surface area contributed by atoms with Gasteiger partial charge in [0.1, 0.15) is 5.82 Å². The first-order chi connectivity index (χ1) is 15.4. The van der Waals surface area contributed by atoms with Crippen LogP contribution in [0.5, 0.6) is 0 Å². The van der Waals surface area contributed by atoms with Gasteiger partial charge in [-0.05, 0) is 92.9 Å². The van der Waals surface area contributed by atoms with E-state index in [9.17, 15) is 17.6 Å². The van der Waals surface area contributed by atoms with Gasteiger partial charge in [-0.2, -0.15) is 13.2 Å². The molecule has 2 saturated carbocycles. The van der Waals surface area contributed by atoms with Gasteiger partial charge in [0.25, 0.3) is 0 Å². The molecule has 2 fully saturated rings. The predicted molar refractivity (Wildman–Crippen MR) is 123 cm³/mol. The second-order valence-corrected chi connectivity index (χ2v) is 9.71. The molecule has 0 atom stereocenters. The highest BCUT2D eigenvalue weighted by atomic mass is 19.4. The Hall–Kier alpha value is -1.76. The number of benzene rings is 1. The molecule has 0 nitrogen and oxygen atoms in total. The summed E-state index contributed by atoms with van der Waals surface area (Å²) in [6.45, 7) is 2.26. The molecule has 2 aliphatic rings. The third-order valence-corrected chi connectivity index (χ3v) is 7.34. The van der Waals surface area contributed by atoms with Gasteiger partial charge in [0.15, 0.2) is 0 Å². The Labute approximate surface area is 190 Å². The van der Waals surface area contributed by atoms with Crippen molar-refractivity contribution in [2.45, 2.75) is 96.1 Å². The summed E-state index contributed by atoms with van der Waals surface area (Å²) in [5, 5.41) is 0. The Morgan fingerprint density at radius 2 is 1.69 bits per heavy atom. The normalized spacial score (nSPS) is 26.7. The summed E-state index contributed by atoms with van der Waals surface area (Å²) in [4.78, 5) is 0. The van der Waals surface area contributed by atoms with Crippen LogP contribution in [0.3, 0.4) is 0 Å². The fraction of sp³-hybridized carbons (Fsp3) is 0.643. The highest BCUT2D eigenvalue weighted by Gasteiger charge is 2.34. The monoisotopic (exact) mass is 448 g/mol. The van der Waals surface area contributed by atoms with Gasteiger partial charge in [0.05, 0.1) is 5.56 Å². The van der Waals surface area contributed by atoms with Crippen molar-refractivity contribution < 1.29 is 17.6 Å². The summed E-state index contributed by atoms with van der Waals surface area (Å²) in [5.74, 6) is 7.44. The fourth-order valence-corrected chi connectivity index (χ4v) is 5.29. The van der Waals surface area contributed by atoms with Crippen LogP contribution in [-0.4, -0.2) is 0 Å². The third-order valence-electron chi connectivity index (χ3n) is 7.34. The van der Waals surface area contributed by atoms with Crippen molar-refractivity contribution >= 4 is 0 Å². The average molecular weight is 449 g/mol. The van der Waals surface area contributed by atoms with Crippen LogP contribution in [0.1, 0.15) is 101 Å². The number of unbranched alkanes of at least 4 members (excludes halogenated alkanes) is 2. The Morgan fingerprint density at radius 3 is 2.31 bits per heavy atom. The van der Waals surface area contributed by atoms with E-state index in [4.69, 9.17) is 0 Å². The van der Waals surface area contributed by atoms with Crippen LogP contribution in [0.4, 0.5) is 17.6 Å². The van der Waals surface area contributed by atoms with E-state index >= 15 is 0 Å². The lowest BCUT2D eigenvalue weighted by molar-refractivity contribution is -0.140. The zero-order valence-electron chi connectivity index (χ0n) is 19.2. The summed E-state index contributed by atoms with van der Waals surface area (Å²) in [7, 11) is 0. The lowest BCUT2D eigenvalue weighted by Gasteiger charge is -2.26. The zero-order chi connectivity index (χ0) is 23.0. The number of hydrogen-bond donors (Lipinski definition) is 0. The Balaban J connectivity index is 1.40. The van der Waals surface area contributed by atoms with Crippen molar-refractivity contribution in [1.29, 1.82) is 0 Å². The zero-order valence-corrected chi connectivity index (χ0v) is 19.2. The molecule has 0 amide bonds. The minimum atomic E-state index is -4.64. The smallest absolute Gasteiger partial charge is 0.206 e. The molecule has 4 heteroatoms. The van der Waals surface area contributed by atoms with Crippen molar-refractivity contribution in [2.75, 3.05) is 0 Å². The summed E-state index contributed by atoms with van der Waals surface area (Å²) >= 11 is 0. The molecule has 1 aromatic carbocycles. The summed E-state index contributed by atoms with van der Waals surface area (Å²) in [6.07, 6.45) is 13.9. The lowest BCUT2D eigenvalue weighted by atomic mass is 9.78. The van der Waals surface area contributed by atoms with E-state index in [2.05, 4.69) is 24.8 Å². The van der Waals surface area contributed by atoms with Crippen LogP contribution in [0.25, 0.3) is 0 Å². The summed E-state index contributed by atoms with van der Waals surface area (Å²) in [6, 6.07) is 3.38. The molecular formula is C28H36F4. The van der Waals surface area contributed by atoms with Gasteiger partial charge in [-0.1, -0.05) is 56.6 Å². The highest BCUT2D eigenvalue weighted by Crippen LogP contribution is 2.38. The number of allylic oxidation sites excluding steroid dienone is 2. The van der Waals surface area contributed by atoms with E-state index in [1.54, 1.807) is 0 Å². The molecule has 1 aromatic rings. The number of hydrogen-bond acceptors (Lipinski definition) is 0. The molecule has 0 spiro atoms. The van der Waals surface area contributed by atoms with Crippen LogP contribution in [0.2, 0.25) is 0 Å². The quantitative estimate of drug-likeness (QED) is 0.231. The first-order valence-corrected chi connectivity index (χ1v) is 12.4. The standard InChI is InChI=1S/C28H36F4/c1-2-3-4-7-21-10-12-22(13-11-21)8-5-6-9-23-14-16-24(17-15-23)25-18-19-26(27(29)20-25)28(30,31)32/h5,8,18-24H,2-4,7,10-17H2,1H3/b8-5+/t21-,22-,23-,24-. The largest absolute Gasteiger partial charge is 0.419 e. The number of rotatable bonds is 6. The maximum absolute atomic E-state index is 13.9. The summed E-state index contributed by atoms with van der Waals surface area (Å²) < 4.78 is 52.1. The second kappa shape index (κ2) is 11.9. The van der Waals surface area contributed by atoms with Gasteiger partial charge in [0, 0.05) is 5.92 Å². The van der Waals surface area contributed by atoms with Crippen LogP contribution in [0, 0.1) is 35.4 Å². The van der Waals surface area contributed by atoms with E-state index in [0.717, 1.165) is 43.7 Å². The predicted octanol–water partition coefficient (Wildman–Crippen LogP) is 9.06. The molecule has 2 aliphatic carbocycles. The molecule has 32 heavy (non-hydrogen) atoms. The molecule has 3 rings (SSSR count). The Kier molecular flexibility index (Phi) is 9.26. The van der Waals surface area contributed by atoms with Crippen molar-refractivity contribution in [2.24, 2.45) is 17.8 Å². The van der Waals surface area contributed by atoms with Crippen LogP contribution in [0.15, 0.2) is 30.4 Å². The van der Waals surface area contributed by atoms with E-state index in [1.165, 1.54) is 57.4 Å². The van der Waals surface area contributed by atoms with E-state index in [-0.39, 0.29) is 5.92 Å². The first-order valence-electron chi connectivity index (χ1n) is 12.4. The topological polar surface area (TPSA) is 0 Å². The van der Waals surface area contributed by atoms with E-state index in [1.807, 2.05) is 6.08 Å².